The fourth-order valence-electron chi connectivity index (χ4n) is 5.00. The van der Waals surface area contributed by atoms with E-state index in [4.69, 9.17) is 63.9 Å². The van der Waals surface area contributed by atoms with Crippen LogP contribution < -0.4 is 0 Å². The van der Waals surface area contributed by atoms with Gasteiger partial charge in [-0.2, -0.15) is 0 Å². The summed E-state index contributed by atoms with van der Waals surface area (Å²) in [4.78, 5) is 65.9. The number of hydrogen-bond acceptors (Lipinski definition) is 11. The van der Waals surface area contributed by atoms with Gasteiger partial charge in [0, 0.05) is 20.8 Å². The third-order valence-corrected chi connectivity index (χ3v) is 7.21. The van der Waals surface area contributed by atoms with Gasteiger partial charge in [0.2, 0.25) is 12.2 Å². The molecule has 0 unspecified atom stereocenters. The molecular weight excluding hydrogens is 655 g/mol. The van der Waals surface area contributed by atoms with Crippen LogP contribution in [0.15, 0.2) is 60.7 Å². The van der Waals surface area contributed by atoms with Crippen LogP contribution in [0.25, 0.3) is 11.1 Å². The van der Waals surface area contributed by atoms with E-state index in [9.17, 15) is 24.0 Å². The van der Waals surface area contributed by atoms with Crippen LogP contribution >= 0.6 is 34.8 Å². The van der Waals surface area contributed by atoms with Crippen molar-refractivity contribution in [3.8, 4) is 0 Å². The number of nitrogens with one attached hydrogen (secondary N) is 1. The molecule has 2 aromatic rings. The largest absolute Gasteiger partial charge is 0.463 e. The molecule has 0 aliphatic carbocycles. The Kier molecular flexibility index (Phi) is 10.5. The molecule has 1 fully saturated rings. The second-order valence-corrected chi connectivity index (χ2v) is 12.2. The summed E-state index contributed by atoms with van der Waals surface area (Å²) in [7, 11) is 0. The minimum atomic E-state index is -2.43. The predicted molar refractivity (Wildman–Crippen MR) is 161 cm³/mol. The molecule has 0 aromatic heterocycles. The monoisotopic (exact) mass is 680 g/mol. The average Bonchev–Trinajstić information content (AvgIpc) is 3.22. The Hall–Kier alpha value is -3.97. The van der Waals surface area contributed by atoms with Crippen LogP contribution in [0.1, 0.15) is 31.9 Å². The molecule has 2 aliphatic heterocycles. The third-order valence-electron chi connectivity index (χ3n) is 6.70. The van der Waals surface area contributed by atoms with Crippen LogP contribution in [0.4, 0.5) is 0 Å². The molecule has 0 saturated carbocycles. The molecule has 1 saturated heterocycles. The third kappa shape index (κ3) is 7.64. The first-order valence-electron chi connectivity index (χ1n) is 13.4. The number of alkyl halides is 3. The number of amides is 2. The number of nitrogens with zero attached hydrogens (tertiary/aromatic N) is 1. The number of imide groups is 1. The highest BCUT2D eigenvalue weighted by Gasteiger charge is 2.59. The number of benzene rings is 2. The minimum absolute atomic E-state index is 0.00894. The van der Waals surface area contributed by atoms with Crippen LogP contribution in [-0.4, -0.2) is 81.6 Å². The Balaban J connectivity index is 1.92. The maximum atomic E-state index is 14.4. The summed E-state index contributed by atoms with van der Waals surface area (Å²) in [5.74, 6) is -5.14. The van der Waals surface area contributed by atoms with Crippen molar-refractivity contribution in [3.63, 3.8) is 0 Å². The van der Waals surface area contributed by atoms with Crippen molar-refractivity contribution >= 4 is 81.6 Å². The van der Waals surface area contributed by atoms with Gasteiger partial charge in [-0.25, -0.2) is 0 Å². The van der Waals surface area contributed by atoms with Gasteiger partial charge in [-0.05, 0) is 11.1 Å². The number of ether oxygens (including phenoxy) is 5. The van der Waals surface area contributed by atoms with Crippen LogP contribution in [0.5, 0.6) is 0 Å². The van der Waals surface area contributed by atoms with Gasteiger partial charge in [-0.15, -0.1) is 0 Å². The Morgan fingerprint density at radius 2 is 1.24 bits per heavy atom. The molecule has 2 aliphatic rings. The van der Waals surface area contributed by atoms with Gasteiger partial charge >= 0.3 is 17.9 Å². The van der Waals surface area contributed by atoms with Gasteiger partial charge in [0.15, 0.2) is 12.2 Å². The molecule has 15 heteroatoms. The number of hydrogen-bond donors (Lipinski definition) is 1. The number of esters is 3. The maximum absolute atomic E-state index is 14.4. The number of carbonyl (C=O) groups excluding carboxylic acids is 5. The van der Waals surface area contributed by atoms with E-state index in [2.05, 4.69) is 0 Å². The molecule has 45 heavy (non-hydrogen) atoms. The van der Waals surface area contributed by atoms with Crippen LogP contribution in [0, 0.1) is 5.41 Å². The molecule has 2 amide bonds. The molecule has 4 rings (SSSR count). The zero-order valence-corrected chi connectivity index (χ0v) is 26.3. The maximum Gasteiger partial charge on any atom is 0.303 e. The fraction of sp³-hybridized carbons (Fsp3) is 0.333. The molecule has 238 valence electrons. The lowest BCUT2D eigenvalue weighted by Gasteiger charge is -2.47. The lowest BCUT2D eigenvalue weighted by Crippen LogP contribution is -2.68. The van der Waals surface area contributed by atoms with E-state index in [1.807, 2.05) is 0 Å². The standard InChI is InChI=1S/C30H27Cl3N2O10/c1-15(36)41-14-20-24(42-16(2)37)25(43-17(3)38)23(28(44-20)45-29(34)30(31,32)33)35-26(39)21(18-10-6-4-7-11-18)22(27(35)40)19-12-8-5-9-13-19/h4-13,20,23-25,28,34H,14H2,1-3H3/t20-,23-,24-,25-,28+/m1/s1. The Bertz CT molecular complexity index is 1470. The highest BCUT2D eigenvalue weighted by molar-refractivity contribution is 6.76. The van der Waals surface area contributed by atoms with E-state index in [1.165, 1.54) is 0 Å². The van der Waals surface area contributed by atoms with Crippen molar-refractivity contribution in [1.29, 1.82) is 5.41 Å². The molecular formula is C30H27Cl3N2O10. The quantitative estimate of drug-likeness (QED) is 0.108. The SMILES string of the molecule is CC(=O)OC[C@H]1O[C@@H](OC(=N)C(Cl)(Cl)Cl)[C@H](N2C(=O)C(c3ccccc3)=C(c3ccccc3)C2=O)[C@@H](OC(C)=O)[C@@H]1OC(C)=O. The summed E-state index contributed by atoms with van der Waals surface area (Å²) in [5, 5.41) is 8.22. The molecule has 2 heterocycles. The summed E-state index contributed by atoms with van der Waals surface area (Å²) >= 11 is 17.6. The topological polar surface area (TPSA) is 159 Å². The van der Waals surface area contributed by atoms with Crippen LogP contribution in [0.3, 0.4) is 0 Å². The van der Waals surface area contributed by atoms with Crippen molar-refractivity contribution in [2.24, 2.45) is 0 Å². The van der Waals surface area contributed by atoms with E-state index in [0.29, 0.717) is 11.1 Å². The number of halogens is 3. The average molecular weight is 682 g/mol. The Morgan fingerprint density at radius 1 is 0.778 bits per heavy atom. The fourth-order valence-corrected chi connectivity index (χ4v) is 5.13. The molecule has 2 aromatic carbocycles. The smallest absolute Gasteiger partial charge is 0.303 e. The number of carbonyl (C=O) groups is 5. The second kappa shape index (κ2) is 14.0. The van der Waals surface area contributed by atoms with Crippen molar-refractivity contribution in [1.82, 2.24) is 4.90 Å². The van der Waals surface area contributed by atoms with E-state index in [0.717, 1.165) is 25.7 Å². The van der Waals surface area contributed by atoms with Gasteiger partial charge in [-0.1, -0.05) is 95.5 Å². The first-order valence-corrected chi connectivity index (χ1v) is 14.5. The zero-order valence-electron chi connectivity index (χ0n) is 24.0. The van der Waals surface area contributed by atoms with Crippen LogP contribution in [-0.2, 0) is 47.7 Å². The van der Waals surface area contributed by atoms with Crippen molar-refractivity contribution in [2.45, 2.75) is 55.2 Å². The van der Waals surface area contributed by atoms with Gasteiger partial charge in [0.1, 0.15) is 18.8 Å². The Labute approximate surface area is 272 Å². The lowest BCUT2D eigenvalue weighted by molar-refractivity contribution is -0.271. The highest BCUT2D eigenvalue weighted by atomic mass is 35.6. The zero-order chi connectivity index (χ0) is 33.1. The van der Waals surface area contributed by atoms with E-state index in [1.54, 1.807) is 60.7 Å². The van der Waals surface area contributed by atoms with Crippen molar-refractivity contribution < 1.29 is 47.7 Å². The lowest BCUT2D eigenvalue weighted by atomic mass is 9.94. The minimum Gasteiger partial charge on any atom is -0.463 e. The summed E-state index contributed by atoms with van der Waals surface area (Å²) in [6.07, 6.45) is -6.47. The van der Waals surface area contributed by atoms with Gasteiger partial charge in [0.05, 0.1) is 11.1 Å². The van der Waals surface area contributed by atoms with Gasteiger partial charge in [-0.3, -0.25) is 34.3 Å². The Morgan fingerprint density at radius 3 is 1.67 bits per heavy atom. The van der Waals surface area contributed by atoms with Crippen LogP contribution in [0.2, 0.25) is 0 Å². The molecule has 12 nitrogen and oxygen atoms in total. The molecule has 0 bridgehead atoms. The number of rotatable bonds is 8. The van der Waals surface area contributed by atoms with Gasteiger partial charge < -0.3 is 23.7 Å². The predicted octanol–water partition coefficient (Wildman–Crippen LogP) is 3.85. The van der Waals surface area contributed by atoms with Crippen molar-refractivity contribution in [2.75, 3.05) is 6.61 Å². The highest BCUT2D eigenvalue weighted by Crippen LogP contribution is 2.41. The normalized spacial score (nSPS) is 23.4. The molecule has 5 atom stereocenters. The summed E-state index contributed by atoms with van der Waals surface area (Å²) in [5.41, 5.74) is 0.812. The molecule has 0 spiro atoms. The van der Waals surface area contributed by atoms with Gasteiger partial charge in [0.25, 0.3) is 15.6 Å². The van der Waals surface area contributed by atoms with E-state index >= 15 is 0 Å². The first-order chi connectivity index (χ1) is 21.2. The molecule has 1 N–H and O–H groups in total. The van der Waals surface area contributed by atoms with E-state index < -0.39 is 76.7 Å². The summed E-state index contributed by atoms with van der Waals surface area (Å²) in [6, 6.07) is 15.0. The first kappa shape index (κ1) is 33.9. The van der Waals surface area contributed by atoms with Crippen molar-refractivity contribution in [3.05, 3.63) is 71.8 Å². The molecule has 0 radical (unpaired) electrons. The summed E-state index contributed by atoms with van der Waals surface area (Å²) in [6.45, 7) is 2.68. The van der Waals surface area contributed by atoms with E-state index in [-0.39, 0.29) is 11.1 Å². The summed E-state index contributed by atoms with van der Waals surface area (Å²) < 4.78 is 25.3. The second-order valence-electron chi connectivity index (χ2n) is 9.89.